The van der Waals surface area contributed by atoms with Gasteiger partial charge in [0.15, 0.2) is 0 Å². The molecule has 0 aliphatic carbocycles. The Bertz CT molecular complexity index is 1540. The Labute approximate surface area is 214 Å². The van der Waals surface area contributed by atoms with Gasteiger partial charge in [0.2, 0.25) is 0 Å². The number of hydrogen-bond donors (Lipinski definition) is 1. The third-order valence-electron chi connectivity index (χ3n) is 6.75. The number of urea groups is 1. The van der Waals surface area contributed by atoms with Gasteiger partial charge in [-0.15, -0.1) is 0 Å². The van der Waals surface area contributed by atoms with Crippen molar-refractivity contribution in [1.82, 2.24) is 24.6 Å². The van der Waals surface area contributed by atoms with Crippen molar-refractivity contribution in [3.05, 3.63) is 120 Å². The van der Waals surface area contributed by atoms with E-state index in [0.717, 1.165) is 39.8 Å². The number of furan rings is 1. The van der Waals surface area contributed by atoms with Crippen molar-refractivity contribution < 1.29 is 13.9 Å². The number of aromatic nitrogens is 3. The summed E-state index contributed by atoms with van der Waals surface area (Å²) in [6, 6.07) is 25.1. The normalized spacial score (nSPS) is 14.5. The van der Waals surface area contributed by atoms with E-state index in [0.29, 0.717) is 18.8 Å². The first kappa shape index (κ1) is 22.7. The number of rotatable bonds is 5. The molecule has 1 atom stereocenters. The Morgan fingerprint density at radius 1 is 1.08 bits per heavy atom. The topological polar surface area (TPSA) is 77.5 Å². The largest absolute Gasteiger partial charge is 0.497 e. The van der Waals surface area contributed by atoms with E-state index in [1.54, 1.807) is 13.4 Å². The molecule has 0 saturated carbocycles. The number of ether oxygens (including phenoxy) is 1. The average molecular weight is 494 g/mol. The molecule has 3 aromatic heterocycles. The lowest BCUT2D eigenvalue weighted by atomic mass is 10.0. The lowest BCUT2D eigenvalue weighted by molar-refractivity contribution is 0.179. The number of para-hydroxylation sites is 1. The van der Waals surface area contributed by atoms with E-state index in [9.17, 15) is 4.79 Å². The first-order valence-electron chi connectivity index (χ1n) is 12.2. The SMILES string of the molecule is COc1cccc([C@@H]2c3cccn3-c3c(c(C)nn3-c3ccccc3)CN2C(=O)NCc2ccco2)c1. The maximum Gasteiger partial charge on any atom is 0.318 e. The summed E-state index contributed by atoms with van der Waals surface area (Å²) in [5, 5.41) is 7.94. The fraction of sp³-hybridized carbons (Fsp3) is 0.172. The zero-order valence-corrected chi connectivity index (χ0v) is 20.7. The monoisotopic (exact) mass is 493 g/mol. The van der Waals surface area contributed by atoms with Crippen LogP contribution in [0, 0.1) is 6.92 Å². The average Bonchev–Trinajstić information content (AvgIpc) is 3.67. The van der Waals surface area contributed by atoms with Gasteiger partial charge in [-0.3, -0.25) is 0 Å². The number of amides is 2. The minimum atomic E-state index is -0.363. The van der Waals surface area contributed by atoms with Crippen LogP contribution in [0.25, 0.3) is 11.5 Å². The van der Waals surface area contributed by atoms with Gasteiger partial charge in [-0.2, -0.15) is 5.10 Å². The predicted octanol–water partition coefficient (Wildman–Crippen LogP) is 5.39. The molecule has 2 aromatic carbocycles. The summed E-state index contributed by atoms with van der Waals surface area (Å²) in [4.78, 5) is 15.7. The molecule has 0 saturated heterocycles. The molecular formula is C29H27N5O3. The lowest BCUT2D eigenvalue weighted by Crippen LogP contribution is -2.41. The molecular weight excluding hydrogens is 466 g/mol. The number of nitrogens with zero attached hydrogens (tertiary/aromatic N) is 4. The van der Waals surface area contributed by atoms with Crippen molar-refractivity contribution in [2.24, 2.45) is 0 Å². The highest BCUT2D eigenvalue weighted by Crippen LogP contribution is 2.39. The fourth-order valence-electron chi connectivity index (χ4n) is 4.99. The van der Waals surface area contributed by atoms with Gasteiger partial charge in [-0.1, -0.05) is 30.3 Å². The first-order valence-corrected chi connectivity index (χ1v) is 12.2. The molecule has 0 unspecified atom stereocenters. The molecule has 0 fully saturated rings. The van der Waals surface area contributed by atoms with Gasteiger partial charge >= 0.3 is 6.03 Å². The standard InChI is InChI=1S/C29H27N5O3/c1-20-25-19-33(29(35)30-18-24-13-8-16-37-24)27(21-9-6-12-23(17-21)36-2)26-14-7-15-32(26)28(25)34(31-20)22-10-4-3-5-11-22/h3-17,27H,18-19H2,1-2H3,(H,30,35)/t27-/m1/s1. The second-order valence-electron chi connectivity index (χ2n) is 8.98. The quantitative estimate of drug-likeness (QED) is 0.356. The summed E-state index contributed by atoms with van der Waals surface area (Å²) in [5.74, 6) is 2.36. The first-order chi connectivity index (χ1) is 18.1. The zero-order valence-electron chi connectivity index (χ0n) is 20.7. The van der Waals surface area contributed by atoms with E-state index >= 15 is 0 Å². The summed E-state index contributed by atoms with van der Waals surface area (Å²) in [7, 11) is 1.65. The third kappa shape index (κ3) is 4.06. The second-order valence-corrected chi connectivity index (χ2v) is 8.98. The summed E-state index contributed by atoms with van der Waals surface area (Å²) in [6.45, 7) is 2.66. The van der Waals surface area contributed by atoms with Crippen LogP contribution in [0.1, 0.15) is 34.3 Å². The Hall–Kier alpha value is -4.72. The molecule has 4 heterocycles. The van der Waals surface area contributed by atoms with Crippen LogP contribution in [0.2, 0.25) is 0 Å². The van der Waals surface area contributed by atoms with Gasteiger partial charge in [-0.25, -0.2) is 9.48 Å². The highest BCUT2D eigenvalue weighted by atomic mass is 16.5. The number of aryl methyl sites for hydroxylation is 1. The van der Waals surface area contributed by atoms with Crippen LogP contribution in [-0.2, 0) is 13.1 Å². The van der Waals surface area contributed by atoms with Crippen molar-refractivity contribution >= 4 is 6.03 Å². The van der Waals surface area contributed by atoms with Crippen LogP contribution in [0.4, 0.5) is 4.79 Å². The number of hydrogen-bond acceptors (Lipinski definition) is 4. The maximum absolute atomic E-state index is 13.8. The Morgan fingerprint density at radius 3 is 2.73 bits per heavy atom. The van der Waals surface area contributed by atoms with Crippen LogP contribution >= 0.6 is 0 Å². The summed E-state index contributed by atoms with van der Waals surface area (Å²) < 4.78 is 15.1. The molecule has 8 nitrogen and oxygen atoms in total. The van der Waals surface area contributed by atoms with E-state index in [1.165, 1.54) is 0 Å². The summed E-state index contributed by atoms with van der Waals surface area (Å²) >= 11 is 0. The van der Waals surface area contributed by atoms with Crippen molar-refractivity contribution in [1.29, 1.82) is 0 Å². The highest BCUT2D eigenvalue weighted by molar-refractivity contribution is 5.76. The molecule has 1 N–H and O–H groups in total. The molecule has 0 bridgehead atoms. The predicted molar refractivity (Wildman–Crippen MR) is 139 cm³/mol. The summed E-state index contributed by atoms with van der Waals surface area (Å²) in [6.07, 6.45) is 3.64. The Kier molecular flexibility index (Phi) is 5.76. The Balaban J connectivity index is 1.51. The highest BCUT2D eigenvalue weighted by Gasteiger charge is 2.36. The zero-order chi connectivity index (χ0) is 25.4. The second kappa shape index (κ2) is 9.39. The van der Waals surface area contributed by atoms with Crippen molar-refractivity contribution in [2.45, 2.75) is 26.1 Å². The number of benzene rings is 2. The van der Waals surface area contributed by atoms with E-state index in [2.05, 4.69) is 16.0 Å². The number of nitrogens with one attached hydrogen (secondary N) is 1. The molecule has 186 valence electrons. The Morgan fingerprint density at radius 2 is 1.95 bits per heavy atom. The van der Waals surface area contributed by atoms with E-state index in [-0.39, 0.29) is 12.1 Å². The number of fused-ring (bicyclic) bond motifs is 3. The molecule has 8 heteroatoms. The minimum Gasteiger partial charge on any atom is -0.497 e. The molecule has 1 aliphatic heterocycles. The van der Waals surface area contributed by atoms with Crippen LogP contribution in [0.15, 0.2) is 95.7 Å². The van der Waals surface area contributed by atoms with Crippen LogP contribution < -0.4 is 10.1 Å². The van der Waals surface area contributed by atoms with E-state index in [1.807, 2.05) is 95.5 Å². The number of methoxy groups -OCH3 is 1. The van der Waals surface area contributed by atoms with Crippen molar-refractivity contribution in [2.75, 3.05) is 7.11 Å². The van der Waals surface area contributed by atoms with Crippen molar-refractivity contribution in [3.63, 3.8) is 0 Å². The molecule has 5 aromatic rings. The molecule has 0 radical (unpaired) electrons. The van der Waals surface area contributed by atoms with Gasteiger partial charge in [-0.05, 0) is 61.0 Å². The van der Waals surface area contributed by atoms with E-state index < -0.39 is 0 Å². The molecule has 37 heavy (non-hydrogen) atoms. The smallest absolute Gasteiger partial charge is 0.318 e. The van der Waals surface area contributed by atoms with Gasteiger partial charge in [0.25, 0.3) is 0 Å². The van der Waals surface area contributed by atoms with E-state index in [4.69, 9.17) is 14.3 Å². The van der Waals surface area contributed by atoms with Crippen LogP contribution in [-0.4, -0.2) is 32.4 Å². The minimum absolute atomic E-state index is 0.198. The van der Waals surface area contributed by atoms with Crippen LogP contribution in [0.3, 0.4) is 0 Å². The third-order valence-corrected chi connectivity index (χ3v) is 6.75. The maximum atomic E-state index is 13.8. The van der Waals surface area contributed by atoms with Crippen molar-refractivity contribution in [3.8, 4) is 17.3 Å². The number of carbonyl (C=O) groups excluding carboxylic acids is 1. The lowest BCUT2D eigenvalue weighted by Gasteiger charge is -2.31. The fourth-order valence-corrected chi connectivity index (χ4v) is 4.99. The van der Waals surface area contributed by atoms with Gasteiger partial charge in [0, 0.05) is 11.8 Å². The van der Waals surface area contributed by atoms with Crippen LogP contribution in [0.5, 0.6) is 5.75 Å². The van der Waals surface area contributed by atoms with Gasteiger partial charge < -0.3 is 23.9 Å². The molecule has 0 spiro atoms. The number of carbonyl (C=O) groups is 1. The van der Waals surface area contributed by atoms with Gasteiger partial charge in [0.1, 0.15) is 17.3 Å². The molecule has 1 aliphatic rings. The van der Waals surface area contributed by atoms with Gasteiger partial charge in [0.05, 0.1) is 49.6 Å². The molecule has 2 amide bonds. The summed E-state index contributed by atoms with van der Waals surface area (Å²) in [5.41, 5.74) is 4.72. The molecule has 6 rings (SSSR count).